The van der Waals surface area contributed by atoms with Gasteiger partial charge >= 0.3 is 0 Å². The van der Waals surface area contributed by atoms with Crippen LogP contribution in [-0.4, -0.2) is 38.8 Å². The fraction of sp³-hybridized carbons (Fsp3) is 0.435. The van der Waals surface area contributed by atoms with E-state index in [1.54, 1.807) is 24.3 Å². The lowest BCUT2D eigenvalue weighted by atomic mass is 9.97. The first kappa shape index (κ1) is 22.3. The Hall–Kier alpha value is -2.38. The highest BCUT2D eigenvalue weighted by atomic mass is 32.2. The summed E-state index contributed by atoms with van der Waals surface area (Å²) in [7, 11) is -2.11. The molecule has 1 aliphatic rings. The maximum absolute atomic E-state index is 13.1. The van der Waals surface area contributed by atoms with Crippen LogP contribution < -0.4 is 10.1 Å². The van der Waals surface area contributed by atoms with Crippen molar-refractivity contribution in [2.45, 2.75) is 44.4 Å². The van der Waals surface area contributed by atoms with Gasteiger partial charge < -0.3 is 10.1 Å². The minimum Gasteiger partial charge on any atom is -0.497 e. The highest BCUT2D eigenvalue weighted by Gasteiger charge is 2.33. The molecule has 1 heterocycles. The Balaban J connectivity index is 1.76. The van der Waals surface area contributed by atoms with Gasteiger partial charge in [-0.25, -0.2) is 8.42 Å². The Kier molecular flexibility index (Phi) is 7.15. The molecule has 3 rings (SSSR count). The zero-order valence-electron chi connectivity index (χ0n) is 17.8. The molecule has 0 bridgehead atoms. The van der Waals surface area contributed by atoms with E-state index in [1.165, 1.54) is 11.4 Å². The molecule has 7 heteroatoms. The maximum atomic E-state index is 13.1. The summed E-state index contributed by atoms with van der Waals surface area (Å²) in [4.78, 5) is 13.3. The topological polar surface area (TPSA) is 75.7 Å². The van der Waals surface area contributed by atoms with Crippen LogP contribution in [0.15, 0.2) is 47.4 Å². The molecule has 0 unspecified atom stereocenters. The Morgan fingerprint density at radius 3 is 2.30 bits per heavy atom. The largest absolute Gasteiger partial charge is 0.497 e. The molecule has 0 radical (unpaired) electrons. The fourth-order valence-electron chi connectivity index (χ4n) is 3.90. The van der Waals surface area contributed by atoms with Crippen LogP contribution in [-0.2, 0) is 27.7 Å². The van der Waals surface area contributed by atoms with Gasteiger partial charge in [0.2, 0.25) is 15.9 Å². The summed E-state index contributed by atoms with van der Waals surface area (Å²) >= 11 is 0. The van der Waals surface area contributed by atoms with E-state index in [4.69, 9.17) is 4.74 Å². The number of amides is 1. The van der Waals surface area contributed by atoms with E-state index in [9.17, 15) is 13.2 Å². The molecule has 1 fully saturated rings. The quantitative estimate of drug-likeness (QED) is 0.724. The van der Waals surface area contributed by atoms with Crippen LogP contribution in [0.5, 0.6) is 5.75 Å². The third-order valence-electron chi connectivity index (χ3n) is 5.70. The zero-order chi connectivity index (χ0) is 21.7. The minimum atomic E-state index is -3.65. The number of benzene rings is 2. The molecule has 6 nitrogen and oxygen atoms in total. The van der Waals surface area contributed by atoms with Gasteiger partial charge in [-0.05, 0) is 61.1 Å². The van der Waals surface area contributed by atoms with Gasteiger partial charge in [-0.1, -0.05) is 32.0 Å². The molecule has 1 atom stereocenters. The lowest BCUT2D eigenvalue weighted by Crippen LogP contribution is -2.43. The lowest BCUT2D eigenvalue weighted by molar-refractivity contribution is -0.120. The summed E-state index contributed by atoms with van der Waals surface area (Å²) in [5.41, 5.74) is 3.07. The third-order valence-corrected chi connectivity index (χ3v) is 7.58. The first-order chi connectivity index (χ1) is 14.4. The zero-order valence-corrected chi connectivity index (χ0v) is 18.7. The van der Waals surface area contributed by atoms with E-state index in [1.807, 2.05) is 18.2 Å². The number of methoxy groups -OCH3 is 1. The number of ether oxygens (including phenoxy) is 1. The van der Waals surface area contributed by atoms with Crippen molar-refractivity contribution >= 4 is 21.6 Å². The van der Waals surface area contributed by atoms with Crippen molar-refractivity contribution in [1.29, 1.82) is 0 Å². The van der Waals surface area contributed by atoms with Crippen molar-refractivity contribution < 1.29 is 17.9 Å². The summed E-state index contributed by atoms with van der Waals surface area (Å²) in [6.07, 6.45) is 2.98. The van der Waals surface area contributed by atoms with Gasteiger partial charge in [-0.2, -0.15) is 4.31 Å². The predicted molar refractivity (Wildman–Crippen MR) is 118 cm³/mol. The van der Waals surface area contributed by atoms with Crippen molar-refractivity contribution in [3.63, 3.8) is 0 Å². The van der Waals surface area contributed by atoms with Gasteiger partial charge in [0.1, 0.15) is 5.75 Å². The minimum absolute atomic E-state index is 0.111. The van der Waals surface area contributed by atoms with E-state index in [0.717, 1.165) is 29.7 Å². The Labute approximate surface area is 179 Å². The normalized spacial score (nSPS) is 17.5. The van der Waals surface area contributed by atoms with Gasteiger partial charge in [-0.15, -0.1) is 0 Å². The Morgan fingerprint density at radius 2 is 1.73 bits per heavy atom. The third kappa shape index (κ3) is 4.68. The van der Waals surface area contributed by atoms with Crippen LogP contribution in [0.2, 0.25) is 0 Å². The van der Waals surface area contributed by atoms with E-state index < -0.39 is 10.0 Å². The number of hydrogen-bond donors (Lipinski definition) is 1. The predicted octanol–water partition coefficient (Wildman–Crippen LogP) is 3.86. The van der Waals surface area contributed by atoms with Crippen molar-refractivity contribution in [2.24, 2.45) is 5.92 Å². The Bertz CT molecular complexity index is 965. The molecule has 1 saturated heterocycles. The highest BCUT2D eigenvalue weighted by Crippen LogP contribution is 2.28. The molecule has 1 amide bonds. The van der Waals surface area contributed by atoms with Crippen molar-refractivity contribution in [1.82, 2.24) is 4.31 Å². The van der Waals surface area contributed by atoms with Crippen molar-refractivity contribution in [2.75, 3.05) is 25.5 Å². The average Bonchev–Trinajstić information content (AvgIpc) is 2.79. The van der Waals surface area contributed by atoms with E-state index in [0.29, 0.717) is 25.1 Å². The molecule has 1 aliphatic heterocycles. The van der Waals surface area contributed by atoms with Crippen LogP contribution in [0.1, 0.15) is 37.8 Å². The SMILES string of the molecule is CCc1cccc(CC)c1NC(=O)[C@@H]1CCCN(S(=O)(=O)c2ccc(OC)cc2)C1. The molecule has 0 saturated carbocycles. The van der Waals surface area contributed by atoms with E-state index in [2.05, 4.69) is 19.2 Å². The molecule has 30 heavy (non-hydrogen) atoms. The first-order valence-corrected chi connectivity index (χ1v) is 11.9. The van der Waals surface area contributed by atoms with Crippen LogP contribution in [0.25, 0.3) is 0 Å². The first-order valence-electron chi connectivity index (χ1n) is 10.5. The van der Waals surface area contributed by atoms with Crippen LogP contribution in [0, 0.1) is 5.92 Å². The van der Waals surface area contributed by atoms with Crippen molar-refractivity contribution in [3.05, 3.63) is 53.6 Å². The van der Waals surface area contributed by atoms with Crippen molar-refractivity contribution in [3.8, 4) is 5.75 Å². The summed E-state index contributed by atoms with van der Waals surface area (Å²) in [5, 5.41) is 3.10. The average molecular weight is 431 g/mol. The fourth-order valence-corrected chi connectivity index (χ4v) is 5.42. The second-order valence-corrected chi connectivity index (χ2v) is 9.46. The highest BCUT2D eigenvalue weighted by molar-refractivity contribution is 7.89. The number of nitrogens with one attached hydrogen (secondary N) is 1. The number of carbonyl (C=O) groups excluding carboxylic acids is 1. The van der Waals surface area contributed by atoms with Crippen LogP contribution >= 0.6 is 0 Å². The van der Waals surface area contributed by atoms with Gasteiger partial charge in [0.25, 0.3) is 0 Å². The standard InChI is InChI=1S/C23H30N2O4S/c1-4-17-8-6-9-18(5-2)22(17)24-23(26)19-10-7-15-25(16-19)30(27,28)21-13-11-20(29-3)12-14-21/h6,8-9,11-14,19H,4-5,7,10,15-16H2,1-3H3,(H,24,26)/t19-/m1/s1. The molecular formula is C23H30N2O4S. The molecule has 1 N–H and O–H groups in total. The van der Waals surface area contributed by atoms with Crippen LogP contribution in [0.3, 0.4) is 0 Å². The number of anilines is 1. The van der Waals surface area contributed by atoms with E-state index >= 15 is 0 Å². The molecule has 0 aliphatic carbocycles. The number of rotatable bonds is 7. The molecule has 2 aromatic carbocycles. The van der Waals surface area contributed by atoms with Gasteiger partial charge in [0.05, 0.1) is 17.9 Å². The number of sulfonamides is 1. The number of piperidine rings is 1. The number of hydrogen-bond acceptors (Lipinski definition) is 4. The second kappa shape index (κ2) is 9.62. The smallest absolute Gasteiger partial charge is 0.243 e. The number of aryl methyl sites for hydroxylation is 2. The number of para-hydroxylation sites is 1. The summed E-state index contributed by atoms with van der Waals surface area (Å²) in [6.45, 7) is 4.74. The molecule has 2 aromatic rings. The second-order valence-electron chi connectivity index (χ2n) is 7.53. The summed E-state index contributed by atoms with van der Waals surface area (Å²) in [5.74, 6) is 0.118. The molecule has 0 spiro atoms. The molecular weight excluding hydrogens is 400 g/mol. The van der Waals surface area contributed by atoms with Gasteiger partial charge in [0, 0.05) is 18.8 Å². The number of carbonyl (C=O) groups is 1. The van der Waals surface area contributed by atoms with E-state index in [-0.39, 0.29) is 23.3 Å². The van der Waals surface area contributed by atoms with Crippen LogP contribution in [0.4, 0.5) is 5.69 Å². The molecule has 0 aromatic heterocycles. The van der Waals surface area contributed by atoms with Gasteiger partial charge in [-0.3, -0.25) is 4.79 Å². The lowest BCUT2D eigenvalue weighted by Gasteiger charge is -2.31. The number of nitrogens with zero attached hydrogens (tertiary/aromatic N) is 1. The molecule has 162 valence electrons. The van der Waals surface area contributed by atoms with Gasteiger partial charge in [0.15, 0.2) is 0 Å². The maximum Gasteiger partial charge on any atom is 0.243 e. The monoisotopic (exact) mass is 430 g/mol. The Morgan fingerprint density at radius 1 is 1.10 bits per heavy atom. The summed E-state index contributed by atoms with van der Waals surface area (Å²) < 4.78 is 32.7. The summed E-state index contributed by atoms with van der Waals surface area (Å²) in [6, 6.07) is 12.4.